The highest BCUT2D eigenvalue weighted by atomic mass is 16.3. The summed E-state index contributed by atoms with van der Waals surface area (Å²) in [5, 5.41) is 3.39. The Morgan fingerprint density at radius 3 is 2.79 bits per heavy atom. The van der Waals surface area contributed by atoms with Gasteiger partial charge in [-0.2, -0.15) is 0 Å². The average Bonchev–Trinajstić information content (AvgIpc) is 2.51. The Morgan fingerprint density at radius 2 is 2.29 bits per heavy atom. The number of aryl methyl sites for hydroxylation is 1. The van der Waals surface area contributed by atoms with E-state index in [-0.39, 0.29) is 6.04 Å². The molecule has 2 nitrogen and oxygen atoms in total. The Bertz CT molecular complexity index is 301. The van der Waals surface area contributed by atoms with Gasteiger partial charge in [0.15, 0.2) is 0 Å². The van der Waals surface area contributed by atoms with Crippen LogP contribution in [0.15, 0.2) is 28.7 Å². The van der Waals surface area contributed by atoms with Crippen LogP contribution in [-0.4, -0.2) is 6.54 Å². The van der Waals surface area contributed by atoms with Crippen molar-refractivity contribution in [3.05, 3.63) is 35.8 Å². The second kappa shape index (κ2) is 5.01. The van der Waals surface area contributed by atoms with E-state index in [9.17, 15) is 0 Å². The molecule has 1 N–H and O–H groups in total. The van der Waals surface area contributed by atoms with E-state index in [0.29, 0.717) is 0 Å². The molecule has 0 aliphatic carbocycles. The summed E-state index contributed by atoms with van der Waals surface area (Å²) in [6.45, 7) is 10.9. The zero-order chi connectivity index (χ0) is 10.6. The molecule has 0 bridgehead atoms. The first-order valence-electron chi connectivity index (χ1n) is 5.03. The third-order valence-corrected chi connectivity index (χ3v) is 2.19. The summed E-state index contributed by atoms with van der Waals surface area (Å²) in [4.78, 5) is 0. The fourth-order valence-corrected chi connectivity index (χ4v) is 1.29. The highest BCUT2D eigenvalue weighted by Gasteiger charge is 2.07. The maximum Gasteiger partial charge on any atom is 0.120 e. The van der Waals surface area contributed by atoms with Crippen molar-refractivity contribution in [1.82, 2.24) is 5.32 Å². The fourth-order valence-electron chi connectivity index (χ4n) is 1.29. The van der Waals surface area contributed by atoms with Crippen molar-refractivity contribution in [3.8, 4) is 0 Å². The number of rotatable bonds is 5. The van der Waals surface area contributed by atoms with E-state index < -0.39 is 0 Å². The summed E-state index contributed by atoms with van der Waals surface area (Å²) in [7, 11) is 0. The molecular formula is C12H19NO. The largest absolute Gasteiger partial charge is 0.465 e. The molecule has 1 aromatic rings. The molecule has 1 unspecified atom stereocenters. The van der Waals surface area contributed by atoms with Crippen molar-refractivity contribution in [1.29, 1.82) is 0 Å². The highest BCUT2D eigenvalue weighted by Crippen LogP contribution is 2.15. The van der Waals surface area contributed by atoms with Gasteiger partial charge in [-0.3, -0.25) is 0 Å². The standard InChI is InChI=1S/C12H19NO/c1-9(2)7-8-13-11(4)12-6-5-10(3)14-12/h5-6,11,13H,1,7-8H2,2-4H3. The molecule has 2 heteroatoms. The van der Waals surface area contributed by atoms with Crippen molar-refractivity contribution in [3.63, 3.8) is 0 Å². The average molecular weight is 193 g/mol. The lowest BCUT2D eigenvalue weighted by atomic mass is 10.2. The fraction of sp³-hybridized carbons (Fsp3) is 0.500. The Labute approximate surface area is 86.0 Å². The lowest BCUT2D eigenvalue weighted by Gasteiger charge is -2.10. The number of hydrogen-bond acceptors (Lipinski definition) is 2. The van der Waals surface area contributed by atoms with Crippen LogP contribution in [0.2, 0.25) is 0 Å². The van der Waals surface area contributed by atoms with Crippen molar-refractivity contribution in [2.45, 2.75) is 33.2 Å². The van der Waals surface area contributed by atoms with E-state index >= 15 is 0 Å². The van der Waals surface area contributed by atoms with E-state index in [2.05, 4.69) is 18.8 Å². The Balaban J connectivity index is 2.35. The van der Waals surface area contributed by atoms with Crippen molar-refractivity contribution in [2.75, 3.05) is 6.54 Å². The summed E-state index contributed by atoms with van der Waals surface area (Å²) in [5.74, 6) is 1.97. The predicted molar refractivity (Wildman–Crippen MR) is 59.3 cm³/mol. The monoisotopic (exact) mass is 193 g/mol. The van der Waals surface area contributed by atoms with Crippen LogP contribution in [0.3, 0.4) is 0 Å². The maximum absolute atomic E-state index is 5.52. The first-order chi connectivity index (χ1) is 6.59. The molecule has 0 saturated carbocycles. The van der Waals surface area contributed by atoms with E-state index in [1.54, 1.807) is 0 Å². The van der Waals surface area contributed by atoms with E-state index in [1.807, 2.05) is 26.0 Å². The SMILES string of the molecule is C=C(C)CCNC(C)c1ccc(C)o1. The molecule has 1 atom stereocenters. The van der Waals surface area contributed by atoms with Gasteiger partial charge in [-0.05, 0) is 45.9 Å². The summed E-state index contributed by atoms with van der Waals surface area (Å²) in [5.41, 5.74) is 1.21. The second-order valence-corrected chi connectivity index (χ2v) is 3.83. The molecule has 0 aliphatic heterocycles. The van der Waals surface area contributed by atoms with Gasteiger partial charge in [0.25, 0.3) is 0 Å². The topological polar surface area (TPSA) is 25.2 Å². The molecule has 0 aromatic carbocycles. The van der Waals surface area contributed by atoms with Gasteiger partial charge in [0.05, 0.1) is 6.04 Å². The summed E-state index contributed by atoms with van der Waals surface area (Å²) < 4.78 is 5.52. The number of hydrogen-bond donors (Lipinski definition) is 1. The van der Waals surface area contributed by atoms with Crippen LogP contribution in [0.5, 0.6) is 0 Å². The molecule has 1 rings (SSSR count). The molecular weight excluding hydrogens is 174 g/mol. The van der Waals surface area contributed by atoms with Crippen molar-refractivity contribution in [2.24, 2.45) is 0 Å². The lowest BCUT2D eigenvalue weighted by Crippen LogP contribution is -2.19. The molecule has 0 spiro atoms. The molecule has 1 heterocycles. The molecule has 14 heavy (non-hydrogen) atoms. The molecule has 0 aliphatic rings. The van der Waals surface area contributed by atoms with E-state index in [4.69, 9.17) is 4.42 Å². The lowest BCUT2D eigenvalue weighted by molar-refractivity contribution is 0.418. The van der Waals surface area contributed by atoms with Gasteiger partial charge in [-0.15, -0.1) is 6.58 Å². The second-order valence-electron chi connectivity index (χ2n) is 3.83. The Morgan fingerprint density at radius 1 is 1.57 bits per heavy atom. The van der Waals surface area contributed by atoms with Crippen LogP contribution in [0.25, 0.3) is 0 Å². The molecule has 1 aromatic heterocycles. The predicted octanol–water partition coefficient (Wildman–Crippen LogP) is 3.20. The molecule has 0 radical (unpaired) electrons. The first-order valence-corrected chi connectivity index (χ1v) is 5.03. The smallest absolute Gasteiger partial charge is 0.120 e. The third-order valence-electron chi connectivity index (χ3n) is 2.19. The van der Waals surface area contributed by atoms with Crippen LogP contribution in [0, 0.1) is 6.92 Å². The minimum Gasteiger partial charge on any atom is -0.465 e. The van der Waals surface area contributed by atoms with Gasteiger partial charge >= 0.3 is 0 Å². The van der Waals surface area contributed by atoms with Crippen LogP contribution < -0.4 is 5.32 Å². The minimum atomic E-state index is 0.281. The quantitative estimate of drug-likeness (QED) is 0.726. The van der Waals surface area contributed by atoms with E-state index in [0.717, 1.165) is 24.5 Å². The maximum atomic E-state index is 5.52. The van der Waals surface area contributed by atoms with Crippen LogP contribution in [0.1, 0.15) is 37.8 Å². The zero-order valence-corrected chi connectivity index (χ0v) is 9.26. The number of furan rings is 1. The summed E-state index contributed by atoms with van der Waals surface area (Å²) in [6, 6.07) is 4.29. The van der Waals surface area contributed by atoms with Crippen LogP contribution in [0.4, 0.5) is 0 Å². The van der Waals surface area contributed by atoms with Gasteiger partial charge in [0.2, 0.25) is 0 Å². The van der Waals surface area contributed by atoms with E-state index in [1.165, 1.54) is 5.57 Å². The Hall–Kier alpha value is -1.02. The number of nitrogens with one attached hydrogen (secondary N) is 1. The van der Waals surface area contributed by atoms with Crippen LogP contribution >= 0.6 is 0 Å². The zero-order valence-electron chi connectivity index (χ0n) is 9.26. The van der Waals surface area contributed by atoms with Gasteiger partial charge in [0, 0.05) is 0 Å². The summed E-state index contributed by atoms with van der Waals surface area (Å²) >= 11 is 0. The molecule has 0 amide bonds. The van der Waals surface area contributed by atoms with Crippen molar-refractivity contribution < 1.29 is 4.42 Å². The third kappa shape index (κ3) is 3.38. The Kier molecular flexibility index (Phi) is 3.96. The van der Waals surface area contributed by atoms with Crippen molar-refractivity contribution >= 4 is 0 Å². The normalized spacial score (nSPS) is 12.8. The van der Waals surface area contributed by atoms with Gasteiger partial charge < -0.3 is 9.73 Å². The summed E-state index contributed by atoms with van der Waals surface area (Å²) in [6.07, 6.45) is 1.02. The molecule has 0 saturated heterocycles. The minimum absolute atomic E-state index is 0.281. The van der Waals surface area contributed by atoms with Crippen LogP contribution in [-0.2, 0) is 0 Å². The first kappa shape index (κ1) is 11.1. The van der Waals surface area contributed by atoms with Gasteiger partial charge in [0.1, 0.15) is 11.5 Å². The molecule has 78 valence electrons. The molecule has 0 fully saturated rings. The van der Waals surface area contributed by atoms with Gasteiger partial charge in [-0.25, -0.2) is 0 Å². The highest BCUT2D eigenvalue weighted by molar-refractivity contribution is 5.08. The van der Waals surface area contributed by atoms with Gasteiger partial charge in [-0.1, -0.05) is 5.57 Å².